The van der Waals surface area contributed by atoms with E-state index in [-0.39, 0.29) is 11.9 Å². The predicted molar refractivity (Wildman–Crippen MR) is 156 cm³/mol. The topological polar surface area (TPSA) is 38.8 Å². The average molecular weight is 555 g/mol. The Balaban J connectivity index is 1.22. The Morgan fingerprint density at radius 2 is 1.74 bits per heavy atom. The number of hydrogen-bond donors (Lipinski definition) is 0. The summed E-state index contributed by atoms with van der Waals surface area (Å²) in [5, 5.41) is 0.987. The molecular formula is C32H37Cl2NO3. The van der Waals surface area contributed by atoms with Crippen LogP contribution >= 0.6 is 23.2 Å². The number of ether oxygens (including phenoxy) is 2. The van der Waals surface area contributed by atoms with E-state index in [1.54, 1.807) is 36.4 Å². The highest BCUT2D eigenvalue weighted by molar-refractivity contribution is 6.35. The lowest BCUT2D eigenvalue weighted by atomic mass is 9.97. The van der Waals surface area contributed by atoms with E-state index in [2.05, 4.69) is 36.1 Å². The third kappa shape index (κ3) is 8.57. The first-order chi connectivity index (χ1) is 18.5. The van der Waals surface area contributed by atoms with Crippen molar-refractivity contribution in [2.45, 2.75) is 51.7 Å². The Bertz CT molecular complexity index is 1150. The van der Waals surface area contributed by atoms with Crippen molar-refractivity contribution in [2.75, 3.05) is 26.2 Å². The molecule has 1 atom stereocenters. The standard InChI is InChI=1S/C32H37Cl2NO3/c1-2-3-9-29(38-22-24-7-5-4-6-8-24)21-35-18-16-25(17-19-35)23-37-28-14-15-30(31(34)20-28)32(36)26-10-12-27(33)13-11-26/h4-8,10-15,20,25,29H,2-3,9,16-19,21-23H2,1H3/t29-/m1/s1. The number of likely N-dealkylation sites (tertiary alicyclic amines) is 1. The van der Waals surface area contributed by atoms with Crippen molar-refractivity contribution in [3.8, 4) is 5.75 Å². The lowest BCUT2D eigenvalue weighted by molar-refractivity contribution is 0.000707. The van der Waals surface area contributed by atoms with Gasteiger partial charge in [-0.1, -0.05) is 73.3 Å². The van der Waals surface area contributed by atoms with Crippen LogP contribution in [0.15, 0.2) is 72.8 Å². The second kappa shape index (κ2) is 14.7. The summed E-state index contributed by atoms with van der Waals surface area (Å²) < 4.78 is 12.4. The number of benzene rings is 3. The smallest absolute Gasteiger partial charge is 0.194 e. The molecule has 0 spiro atoms. The molecule has 1 saturated heterocycles. The molecule has 0 aromatic heterocycles. The molecule has 1 fully saturated rings. The molecule has 0 aliphatic carbocycles. The van der Waals surface area contributed by atoms with Crippen LogP contribution in [0.4, 0.5) is 0 Å². The zero-order valence-corrected chi connectivity index (χ0v) is 23.6. The summed E-state index contributed by atoms with van der Waals surface area (Å²) in [4.78, 5) is 15.3. The fraction of sp³-hybridized carbons (Fsp3) is 0.406. The Kier molecular flexibility index (Phi) is 11.1. The summed E-state index contributed by atoms with van der Waals surface area (Å²) in [6, 6.07) is 22.5. The van der Waals surface area contributed by atoms with Crippen LogP contribution in [-0.2, 0) is 11.3 Å². The molecule has 0 unspecified atom stereocenters. The maximum absolute atomic E-state index is 12.8. The quantitative estimate of drug-likeness (QED) is 0.200. The fourth-order valence-electron chi connectivity index (χ4n) is 4.81. The zero-order valence-electron chi connectivity index (χ0n) is 22.1. The Morgan fingerprint density at radius 1 is 1.00 bits per heavy atom. The van der Waals surface area contributed by atoms with Crippen molar-refractivity contribution in [3.05, 3.63) is 99.5 Å². The second-order valence-electron chi connectivity index (χ2n) is 10.1. The number of carbonyl (C=O) groups excluding carboxylic acids is 1. The second-order valence-corrected chi connectivity index (χ2v) is 10.9. The van der Waals surface area contributed by atoms with Gasteiger partial charge in [-0.2, -0.15) is 0 Å². The highest BCUT2D eigenvalue weighted by Crippen LogP contribution is 2.27. The number of carbonyl (C=O) groups is 1. The van der Waals surface area contributed by atoms with Crippen LogP contribution in [0.5, 0.6) is 5.75 Å². The summed E-state index contributed by atoms with van der Waals surface area (Å²) >= 11 is 12.4. The van der Waals surface area contributed by atoms with E-state index in [0.717, 1.165) is 38.9 Å². The van der Waals surface area contributed by atoms with Gasteiger partial charge in [0.15, 0.2) is 5.78 Å². The maximum Gasteiger partial charge on any atom is 0.194 e. The molecule has 1 aliphatic heterocycles. The molecule has 0 N–H and O–H groups in total. The van der Waals surface area contributed by atoms with Crippen molar-refractivity contribution in [3.63, 3.8) is 0 Å². The molecule has 3 aromatic rings. The van der Waals surface area contributed by atoms with Gasteiger partial charge in [-0.15, -0.1) is 0 Å². The first-order valence-electron chi connectivity index (χ1n) is 13.6. The van der Waals surface area contributed by atoms with Gasteiger partial charge in [-0.05, 0) is 86.3 Å². The molecule has 38 heavy (non-hydrogen) atoms. The molecule has 3 aromatic carbocycles. The Morgan fingerprint density at radius 3 is 2.42 bits per heavy atom. The maximum atomic E-state index is 12.8. The summed E-state index contributed by atoms with van der Waals surface area (Å²) in [5.41, 5.74) is 2.24. The normalized spacial score (nSPS) is 15.3. The highest BCUT2D eigenvalue weighted by atomic mass is 35.5. The number of unbranched alkanes of at least 4 members (excludes halogenated alkanes) is 1. The molecule has 6 heteroatoms. The molecular weight excluding hydrogens is 517 g/mol. The van der Waals surface area contributed by atoms with Gasteiger partial charge in [0.25, 0.3) is 0 Å². The van der Waals surface area contributed by atoms with Crippen LogP contribution in [0.3, 0.4) is 0 Å². The Hall–Kier alpha value is -2.37. The van der Waals surface area contributed by atoms with Gasteiger partial charge in [0.1, 0.15) is 5.75 Å². The Labute approximate surface area is 236 Å². The summed E-state index contributed by atoms with van der Waals surface area (Å²) in [6.45, 7) is 6.66. The zero-order chi connectivity index (χ0) is 26.7. The highest BCUT2D eigenvalue weighted by Gasteiger charge is 2.23. The third-order valence-corrected chi connectivity index (χ3v) is 7.72. The molecule has 202 valence electrons. The van der Waals surface area contributed by atoms with E-state index in [9.17, 15) is 4.79 Å². The number of ketones is 1. The van der Waals surface area contributed by atoms with Crippen LogP contribution < -0.4 is 4.74 Å². The molecule has 4 nitrogen and oxygen atoms in total. The van der Waals surface area contributed by atoms with E-state index in [1.807, 2.05) is 12.1 Å². The average Bonchev–Trinajstić information content (AvgIpc) is 2.95. The largest absolute Gasteiger partial charge is 0.493 e. The molecule has 1 heterocycles. The monoisotopic (exact) mass is 553 g/mol. The van der Waals surface area contributed by atoms with E-state index in [4.69, 9.17) is 32.7 Å². The molecule has 4 rings (SSSR count). The number of rotatable bonds is 13. The van der Waals surface area contributed by atoms with Gasteiger partial charge < -0.3 is 14.4 Å². The van der Waals surface area contributed by atoms with Gasteiger partial charge >= 0.3 is 0 Å². The van der Waals surface area contributed by atoms with Crippen molar-refractivity contribution >= 4 is 29.0 Å². The first-order valence-corrected chi connectivity index (χ1v) is 14.4. The summed E-state index contributed by atoms with van der Waals surface area (Å²) in [7, 11) is 0. The minimum Gasteiger partial charge on any atom is -0.493 e. The van der Waals surface area contributed by atoms with E-state index in [0.29, 0.717) is 46.1 Å². The first kappa shape index (κ1) is 28.6. The molecule has 0 saturated carbocycles. The van der Waals surface area contributed by atoms with Crippen LogP contribution in [0.25, 0.3) is 0 Å². The molecule has 1 aliphatic rings. The number of hydrogen-bond acceptors (Lipinski definition) is 4. The van der Waals surface area contributed by atoms with Gasteiger partial charge in [-0.25, -0.2) is 0 Å². The minimum absolute atomic E-state index is 0.129. The van der Waals surface area contributed by atoms with E-state index >= 15 is 0 Å². The molecule has 0 amide bonds. The lowest BCUT2D eigenvalue weighted by Gasteiger charge is -2.34. The molecule has 0 radical (unpaired) electrons. The van der Waals surface area contributed by atoms with E-state index < -0.39 is 0 Å². The molecule has 0 bridgehead atoms. The summed E-state index contributed by atoms with van der Waals surface area (Å²) in [6.07, 6.45) is 5.93. The van der Waals surface area contributed by atoms with Crippen LogP contribution in [0.1, 0.15) is 60.5 Å². The van der Waals surface area contributed by atoms with Crippen molar-refractivity contribution in [2.24, 2.45) is 5.92 Å². The number of piperidine rings is 1. The van der Waals surface area contributed by atoms with Crippen molar-refractivity contribution in [1.29, 1.82) is 0 Å². The van der Waals surface area contributed by atoms with Crippen molar-refractivity contribution in [1.82, 2.24) is 4.90 Å². The van der Waals surface area contributed by atoms with Gasteiger partial charge in [-0.3, -0.25) is 4.79 Å². The lowest BCUT2D eigenvalue weighted by Crippen LogP contribution is -2.40. The predicted octanol–water partition coefficient (Wildman–Crippen LogP) is 8.09. The van der Waals surface area contributed by atoms with Crippen LogP contribution in [0.2, 0.25) is 10.0 Å². The van der Waals surface area contributed by atoms with Crippen LogP contribution in [0, 0.1) is 5.92 Å². The van der Waals surface area contributed by atoms with Gasteiger partial charge in [0, 0.05) is 22.7 Å². The SMILES string of the molecule is CCCC[C@H](CN1CCC(COc2ccc(C(=O)c3ccc(Cl)cc3)c(Cl)c2)CC1)OCc1ccccc1. The summed E-state index contributed by atoms with van der Waals surface area (Å²) in [5.74, 6) is 1.06. The van der Waals surface area contributed by atoms with Gasteiger partial charge in [0.05, 0.1) is 24.3 Å². The van der Waals surface area contributed by atoms with E-state index in [1.165, 1.54) is 18.4 Å². The van der Waals surface area contributed by atoms with Gasteiger partial charge in [0.2, 0.25) is 0 Å². The number of halogens is 2. The fourth-order valence-corrected chi connectivity index (χ4v) is 5.19. The minimum atomic E-state index is -0.129. The van der Waals surface area contributed by atoms with Crippen LogP contribution in [-0.4, -0.2) is 43.0 Å². The third-order valence-electron chi connectivity index (χ3n) is 7.15. The number of nitrogens with zero attached hydrogens (tertiary/aromatic N) is 1. The van der Waals surface area contributed by atoms with Crippen molar-refractivity contribution < 1.29 is 14.3 Å².